The Morgan fingerprint density at radius 3 is 2.42 bits per heavy atom. The number of thiocarbonyl (C=S) groups is 1. The Hall–Kier alpha value is -1.39. The van der Waals surface area contributed by atoms with Crippen molar-refractivity contribution in [1.82, 2.24) is 0 Å². The number of para-hydroxylation sites is 1. The van der Waals surface area contributed by atoms with Gasteiger partial charge in [-0.05, 0) is 71.3 Å². The van der Waals surface area contributed by atoms with Crippen molar-refractivity contribution < 1.29 is 0 Å². The second-order valence-corrected chi connectivity index (χ2v) is 5.64. The largest absolute Gasteiger partial charge is 0.332 e. The van der Waals surface area contributed by atoms with E-state index in [1.54, 1.807) is 0 Å². The van der Waals surface area contributed by atoms with E-state index in [9.17, 15) is 0 Å². The second-order valence-electron chi connectivity index (χ2n) is 4.38. The number of rotatable bonds is 2. The first-order valence-electron chi connectivity index (χ1n) is 5.96. The smallest absolute Gasteiger partial charge is 0.175 e. The molecule has 0 fully saturated rings. The van der Waals surface area contributed by atoms with E-state index < -0.39 is 0 Å². The lowest BCUT2D eigenvalue weighted by Gasteiger charge is -2.14. The average molecular weight is 335 g/mol. The Labute approximate surface area is 127 Å². The molecule has 4 heteroatoms. The lowest BCUT2D eigenvalue weighted by atomic mass is 10.1. The zero-order valence-corrected chi connectivity index (χ0v) is 13.2. The third kappa shape index (κ3) is 3.78. The van der Waals surface area contributed by atoms with Crippen molar-refractivity contribution >= 4 is 44.6 Å². The van der Waals surface area contributed by atoms with E-state index in [1.165, 1.54) is 11.1 Å². The van der Waals surface area contributed by atoms with Crippen LogP contribution in [0.4, 0.5) is 11.4 Å². The van der Waals surface area contributed by atoms with E-state index in [0.717, 1.165) is 15.8 Å². The number of benzene rings is 2. The highest BCUT2D eigenvalue weighted by Crippen LogP contribution is 2.22. The topological polar surface area (TPSA) is 24.1 Å². The van der Waals surface area contributed by atoms with Gasteiger partial charge in [-0.1, -0.05) is 24.3 Å². The molecule has 0 aliphatic rings. The van der Waals surface area contributed by atoms with Crippen LogP contribution in [0.15, 0.2) is 46.9 Å². The predicted molar refractivity (Wildman–Crippen MR) is 89.9 cm³/mol. The van der Waals surface area contributed by atoms with Crippen molar-refractivity contribution in [1.29, 1.82) is 0 Å². The van der Waals surface area contributed by atoms with Crippen LogP contribution >= 0.6 is 28.1 Å². The fourth-order valence-electron chi connectivity index (χ4n) is 1.71. The van der Waals surface area contributed by atoms with Gasteiger partial charge in [0.15, 0.2) is 5.11 Å². The molecule has 0 saturated heterocycles. The minimum atomic E-state index is 0.584. The summed E-state index contributed by atoms with van der Waals surface area (Å²) >= 11 is 8.82. The van der Waals surface area contributed by atoms with Crippen LogP contribution in [0.25, 0.3) is 0 Å². The number of hydrogen-bond acceptors (Lipinski definition) is 1. The first kappa shape index (κ1) is 14.0. The Kier molecular flexibility index (Phi) is 4.56. The van der Waals surface area contributed by atoms with E-state index in [-0.39, 0.29) is 0 Å². The first-order valence-corrected chi connectivity index (χ1v) is 7.16. The lowest BCUT2D eigenvalue weighted by molar-refractivity contribution is 1.39. The van der Waals surface area contributed by atoms with Gasteiger partial charge in [-0.15, -0.1) is 0 Å². The third-order valence-corrected chi connectivity index (χ3v) is 3.66. The number of anilines is 2. The summed E-state index contributed by atoms with van der Waals surface area (Å²) in [5.74, 6) is 0. The molecule has 2 nitrogen and oxygen atoms in total. The maximum absolute atomic E-state index is 5.34. The fourth-order valence-corrected chi connectivity index (χ4v) is 2.31. The van der Waals surface area contributed by atoms with E-state index in [1.807, 2.05) is 24.3 Å². The Bertz CT molecular complexity index is 611. The quantitative estimate of drug-likeness (QED) is 0.765. The van der Waals surface area contributed by atoms with Crippen molar-refractivity contribution in [3.8, 4) is 0 Å². The van der Waals surface area contributed by atoms with Crippen LogP contribution in [-0.4, -0.2) is 5.11 Å². The normalized spacial score (nSPS) is 10.1. The van der Waals surface area contributed by atoms with Gasteiger partial charge in [0.2, 0.25) is 0 Å². The SMILES string of the molecule is Cc1ccc(C)c(NC(=S)Nc2ccccc2Br)c1. The molecule has 0 unspecified atom stereocenters. The molecule has 0 bridgehead atoms. The van der Waals surface area contributed by atoms with Gasteiger partial charge in [0.05, 0.1) is 5.69 Å². The number of aryl methyl sites for hydroxylation is 2. The molecule has 0 aliphatic carbocycles. The highest BCUT2D eigenvalue weighted by atomic mass is 79.9. The van der Waals surface area contributed by atoms with E-state index in [2.05, 4.69) is 58.6 Å². The molecule has 0 atom stereocenters. The number of hydrogen-bond donors (Lipinski definition) is 2. The average Bonchev–Trinajstić information content (AvgIpc) is 2.37. The van der Waals surface area contributed by atoms with E-state index >= 15 is 0 Å². The van der Waals surface area contributed by atoms with Crippen LogP contribution < -0.4 is 10.6 Å². The Morgan fingerprint density at radius 1 is 1.00 bits per heavy atom. The Balaban J connectivity index is 2.10. The van der Waals surface area contributed by atoms with E-state index in [0.29, 0.717) is 5.11 Å². The lowest BCUT2D eigenvalue weighted by Crippen LogP contribution is -2.19. The van der Waals surface area contributed by atoms with Gasteiger partial charge in [-0.25, -0.2) is 0 Å². The van der Waals surface area contributed by atoms with Crippen LogP contribution in [0.1, 0.15) is 11.1 Å². The van der Waals surface area contributed by atoms with Crippen LogP contribution in [0.2, 0.25) is 0 Å². The van der Waals surface area contributed by atoms with Crippen LogP contribution in [0.5, 0.6) is 0 Å². The molecule has 0 saturated carbocycles. The summed E-state index contributed by atoms with van der Waals surface area (Å²) in [6.45, 7) is 4.12. The van der Waals surface area contributed by atoms with Gasteiger partial charge < -0.3 is 10.6 Å². The van der Waals surface area contributed by atoms with Crippen molar-refractivity contribution in [2.24, 2.45) is 0 Å². The van der Waals surface area contributed by atoms with Crippen molar-refractivity contribution in [3.63, 3.8) is 0 Å². The molecule has 0 spiro atoms. The molecule has 0 aliphatic heterocycles. The maximum atomic E-state index is 5.34. The summed E-state index contributed by atoms with van der Waals surface area (Å²) in [6.07, 6.45) is 0. The second kappa shape index (κ2) is 6.17. The molecule has 0 heterocycles. The molecule has 2 N–H and O–H groups in total. The van der Waals surface area contributed by atoms with Crippen LogP contribution in [0, 0.1) is 13.8 Å². The molecular formula is C15H15BrN2S. The summed E-state index contributed by atoms with van der Waals surface area (Å²) in [7, 11) is 0. The first-order chi connectivity index (χ1) is 9.06. The maximum Gasteiger partial charge on any atom is 0.175 e. The summed E-state index contributed by atoms with van der Waals surface area (Å²) in [5, 5.41) is 6.99. The molecule has 19 heavy (non-hydrogen) atoms. The summed E-state index contributed by atoms with van der Waals surface area (Å²) in [6, 6.07) is 14.1. The van der Waals surface area contributed by atoms with Crippen LogP contribution in [0.3, 0.4) is 0 Å². The van der Waals surface area contributed by atoms with Gasteiger partial charge in [-0.2, -0.15) is 0 Å². The van der Waals surface area contributed by atoms with Crippen molar-refractivity contribution in [3.05, 3.63) is 58.1 Å². The number of halogens is 1. The molecule has 0 aromatic heterocycles. The van der Waals surface area contributed by atoms with Gasteiger partial charge >= 0.3 is 0 Å². The zero-order valence-electron chi connectivity index (χ0n) is 10.8. The summed E-state index contributed by atoms with van der Waals surface area (Å²) in [5.41, 5.74) is 4.36. The predicted octanol–water partition coefficient (Wildman–Crippen LogP) is 4.87. The summed E-state index contributed by atoms with van der Waals surface area (Å²) < 4.78 is 0.986. The zero-order chi connectivity index (χ0) is 13.8. The Morgan fingerprint density at radius 2 is 1.68 bits per heavy atom. The third-order valence-electron chi connectivity index (χ3n) is 2.76. The molecule has 2 aromatic rings. The van der Waals surface area contributed by atoms with Crippen molar-refractivity contribution in [2.45, 2.75) is 13.8 Å². The molecule has 2 aromatic carbocycles. The molecular weight excluding hydrogens is 320 g/mol. The van der Waals surface area contributed by atoms with Gasteiger partial charge in [0, 0.05) is 10.2 Å². The number of nitrogens with one attached hydrogen (secondary N) is 2. The molecule has 2 rings (SSSR count). The molecule has 0 radical (unpaired) electrons. The van der Waals surface area contributed by atoms with Gasteiger partial charge in [-0.3, -0.25) is 0 Å². The standard InChI is InChI=1S/C15H15BrN2S/c1-10-7-8-11(2)14(9-10)18-15(19)17-13-6-4-3-5-12(13)16/h3-9H,1-2H3,(H2,17,18,19). The molecule has 0 amide bonds. The fraction of sp³-hybridized carbons (Fsp3) is 0.133. The summed E-state index contributed by atoms with van der Waals surface area (Å²) in [4.78, 5) is 0. The highest BCUT2D eigenvalue weighted by Gasteiger charge is 2.04. The minimum Gasteiger partial charge on any atom is -0.332 e. The van der Waals surface area contributed by atoms with E-state index in [4.69, 9.17) is 12.2 Å². The van der Waals surface area contributed by atoms with Gasteiger partial charge in [0.25, 0.3) is 0 Å². The minimum absolute atomic E-state index is 0.584. The van der Waals surface area contributed by atoms with Gasteiger partial charge in [0.1, 0.15) is 0 Å². The monoisotopic (exact) mass is 334 g/mol. The van der Waals surface area contributed by atoms with Crippen molar-refractivity contribution in [2.75, 3.05) is 10.6 Å². The van der Waals surface area contributed by atoms with Crippen LogP contribution in [-0.2, 0) is 0 Å². The highest BCUT2D eigenvalue weighted by molar-refractivity contribution is 9.10. The molecule has 98 valence electrons.